The fraction of sp³-hybridized carbons (Fsp3) is 0.385. The molecule has 0 radical (unpaired) electrons. The van der Waals surface area contributed by atoms with Crippen LogP contribution in [0.4, 0.5) is 11.4 Å². The summed E-state index contributed by atoms with van der Waals surface area (Å²) in [6, 6.07) is 4.29. The Morgan fingerprint density at radius 3 is 2.74 bits per heavy atom. The summed E-state index contributed by atoms with van der Waals surface area (Å²) in [5.41, 5.74) is 0.970. The Balaban J connectivity index is 1.93. The number of fused-ring (bicyclic) bond motifs is 3. The number of anilines is 1. The van der Waals surface area contributed by atoms with E-state index in [1.807, 2.05) is 0 Å². The number of hydrogen-bond acceptors (Lipinski definition) is 7. The number of nitro groups is 1. The quantitative estimate of drug-likeness (QED) is 0.475. The lowest BCUT2D eigenvalue weighted by Gasteiger charge is -2.57. The SMILES string of the molecule is CN1C(=O)[C@@]23Cc4ccc([N+](=O)[O-])cc4N2C(=O)[C@@]1(CO)SS3. The van der Waals surface area contributed by atoms with E-state index in [1.54, 1.807) is 6.07 Å². The van der Waals surface area contributed by atoms with Gasteiger partial charge in [-0.2, -0.15) is 0 Å². The first-order chi connectivity index (χ1) is 10.9. The Morgan fingerprint density at radius 2 is 2.09 bits per heavy atom. The third-order valence-electron chi connectivity index (χ3n) is 4.56. The number of aliphatic hydroxyl groups excluding tert-OH is 1. The lowest BCUT2D eigenvalue weighted by atomic mass is 10.0. The maximum atomic E-state index is 13.0. The van der Waals surface area contributed by atoms with Crippen molar-refractivity contribution in [2.45, 2.75) is 16.2 Å². The van der Waals surface area contributed by atoms with E-state index in [0.29, 0.717) is 12.1 Å². The maximum absolute atomic E-state index is 13.0. The van der Waals surface area contributed by atoms with Crippen LogP contribution in [-0.2, 0) is 16.0 Å². The van der Waals surface area contributed by atoms with Gasteiger partial charge in [0.05, 0.1) is 17.2 Å². The van der Waals surface area contributed by atoms with Crippen molar-refractivity contribution in [1.82, 2.24) is 4.90 Å². The van der Waals surface area contributed by atoms with Crippen LogP contribution in [0.25, 0.3) is 0 Å². The summed E-state index contributed by atoms with van der Waals surface area (Å²) in [4.78, 5) is 36.4. The maximum Gasteiger partial charge on any atom is 0.271 e. The number of nitrogens with zero attached hydrogens (tertiary/aromatic N) is 3. The van der Waals surface area contributed by atoms with Gasteiger partial charge in [0.25, 0.3) is 17.5 Å². The number of rotatable bonds is 2. The monoisotopic (exact) mass is 353 g/mol. The van der Waals surface area contributed by atoms with Crippen LogP contribution < -0.4 is 4.90 Å². The molecule has 2 bridgehead atoms. The first-order valence-electron chi connectivity index (χ1n) is 6.75. The molecule has 0 aromatic heterocycles. The minimum atomic E-state index is -1.38. The number of non-ortho nitro benzene ring substituents is 1. The molecule has 1 aromatic rings. The van der Waals surface area contributed by atoms with E-state index in [4.69, 9.17) is 0 Å². The number of benzene rings is 1. The Bertz CT molecular complexity index is 787. The molecular formula is C13H11N3O5S2. The van der Waals surface area contributed by atoms with Crippen LogP contribution >= 0.6 is 21.6 Å². The molecule has 4 aliphatic rings. The van der Waals surface area contributed by atoms with Gasteiger partial charge in [-0.3, -0.25) is 24.6 Å². The van der Waals surface area contributed by atoms with Gasteiger partial charge in [0.1, 0.15) is 0 Å². The lowest BCUT2D eigenvalue weighted by molar-refractivity contribution is -0.384. The molecule has 2 amide bonds. The third kappa shape index (κ3) is 1.53. The highest BCUT2D eigenvalue weighted by molar-refractivity contribution is 8.78. The number of aliphatic hydroxyl groups is 1. The Kier molecular flexibility index (Phi) is 2.83. The minimum absolute atomic E-state index is 0.133. The summed E-state index contributed by atoms with van der Waals surface area (Å²) in [7, 11) is 3.92. The van der Waals surface area contributed by atoms with E-state index in [-0.39, 0.29) is 11.6 Å². The van der Waals surface area contributed by atoms with Crippen molar-refractivity contribution in [2.24, 2.45) is 0 Å². The van der Waals surface area contributed by atoms with Gasteiger partial charge in [-0.05, 0) is 22.4 Å². The van der Waals surface area contributed by atoms with Crippen molar-refractivity contribution >= 4 is 44.8 Å². The van der Waals surface area contributed by atoms with Crippen LogP contribution in [0.5, 0.6) is 0 Å². The van der Waals surface area contributed by atoms with Gasteiger partial charge in [-0.1, -0.05) is 10.8 Å². The first kappa shape index (κ1) is 14.8. The Labute approximate surface area is 138 Å². The molecule has 23 heavy (non-hydrogen) atoms. The van der Waals surface area contributed by atoms with Gasteiger partial charge in [-0.15, -0.1) is 0 Å². The lowest BCUT2D eigenvalue weighted by Crippen LogP contribution is -2.77. The number of carbonyl (C=O) groups excluding carboxylic acids is 2. The van der Waals surface area contributed by atoms with Gasteiger partial charge in [0.15, 0.2) is 4.87 Å². The first-order valence-corrected chi connectivity index (χ1v) is 8.90. The molecular weight excluding hydrogens is 342 g/mol. The van der Waals surface area contributed by atoms with Crippen molar-refractivity contribution in [3.05, 3.63) is 33.9 Å². The van der Waals surface area contributed by atoms with Crippen molar-refractivity contribution in [3.8, 4) is 0 Å². The van der Waals surface area contributed by atoms with Gasteiger partial charge in [0.2, 0.25) is 4.87 Å². The summed E-state index contributed by atoms with van der Waals surface area (Å²) in [5.74, 6) is -0.682. The molecule has 4 heterocycles. The number of carbonyl (C=O) groups is 2. The molecule has 0 saturated carbocycles. The van der Waals surface area contributed by atoms with Crippen LogP contribution in [0.2, 0.25) is 0 Å². The molecule has 0 aliphatic carbocycles. The standard InChI is InChI=1S/C13H11N3O5S2/c1-14-10(18)12-5-7-2-3-8(16(20)21)4-9(7)15(12)11(19)13(14,6-17)23-22-12/h2-4,17H,5-6H2,1H3/t12-,13+/m0/s1. The van der Waals surface area contributed by atoms with E-state index >= 15 is 0 Å². The normalized spacial score (nSPS) is 31.4. The number of nitro benzene ring substituents is 1. The fourth-order valence-electron chi connectivity index (χ4n) is 3.28. The highest BCUT2D eigenvalue weighted by Crippen LogP contribution is 2.63. The van der Waals surface area contributed by atoms with Crippen molar-refractivity contribution in [1.29, 1.82) is 0 Å². The van der Waals surface area contributed by atoms with Crippen LogP contribution in [0.15, 0.2) is 18.2 Å². The average Bonchev–Trinajstić information content (AvgIpc) is 2.88. The molecule has 5 rings (SSSR count). The largest absolute Gasteiger partial charge is 0.392 e. The molecule has 3 fully saturated rings. The summed E-state index contributed by atoms with van der Waals surface area (Å²) in [6.07, 6.45) is 0.300. The highest BCUT2D eigenvalue weighted by Gasteiger charge is 2.71. The summed E-state index contributed by atoms with van der Waals surface area (Å²) in [6.45, 7) is -0.511. The second-order valence-corrected chi connectivity index (χ2v) is 8.33. The molecule has 0 unspecified atom stereocenters. The van der Waals surface area contributed by atoms with E-state index < -0.39 is 27.2 Å². The molecule has 4 aliphatic heterocycles. The molecule has 120 valence electrons. The number of amides is 2. The van der Waals surface area contributed by atoms with Gasteiger partial charge >= 0.3 is 0 Å². The topological polar surface area (TPSA) is 104 Å². The Morgan fingerprint density at radius 1 is 1.35 bits per heavy atom. The minimum Gasteiger partial charge on any atom is -0.392 e. The number of hydrogen-bond donors (Lipinski definition) is 1. The summed E-state index contributed by atoms with van der Waals surface area (Å²) in [5, 5.41) is 20.8. The predicted molar refractivity (Wildman–Crippen MR) is 84.8 cm³/mol. The zero-order valence-electron chi connectivity index (χ0n) is 11.9. The van der Waals surface area contributed by atoms with Crippen LogP contribution in [0, 0.1) is 10.1 Å². The molecule has 1 spiro atoms. The predicted octanol–water partition coefficient (Wildman–Crippen LogP) is 0.736. The zero-order chi connectivity index (χ0) is 16.6. The van der Waals surface area contributed by atoms with Crippen molar-refractivity contribution in [3.63, 3.8) is 0 Å². The van der Waals surface area contributed by atoms with Gasteiger partial charge in [0, 0.05) is 25.6 Å². The van der Waals surface area contributed by atoms with E-state index in [1.165, 1.54) is 50.6 Å². The third-order valence-corrected chi connectivity index (χ3v) is 8.18. The Hall–Kier alpha value is -1.78. The van der Waals surface area contributed by atoms with Crippen LogP contribution in [0.1, 0.15) is 5.56 Å². The molecule has 8 nitrogen and oxygen atoms in total. The van der Waals surface area contributed by atoms with E-state index in [2.05, 4.69) is 0 Å². The average molecular weight is 353 g/mol. The number of piperazine rings is 1. The smallest absolute Gasteiger partial charge is 0.271 e. The molecule has 10 heteroatoms. The molecule has 3 saturated heterocycles. The van der Waals surface area contributed by atoms with Crippen molar-refractivity contribution in [2.75, 3.05) is 18.6 Å². The summed E-state index contributed by atoms with van der Waals surface area (Å²) < 4.78 is 0. The second kappa shape index (κ2) is 4.40. The summed E-state index contributed by atoms with van der Waals surface area (Å²) >= 11 is 0. The zero-order valence-corrected chi connectivity index (χ0v) is 13.5. The molecule has 1 aromatic carbocycles. The van der Waals surface area contributed by atoms with Crippen LogP contribution in [-0.4, -0.2) is 50.1 Å². The van der Waals surface area contributed by atoms with E-state index in [9.17, 15) is 24.8 Å². The fourth-order valence-corrected chi connectivity index (χ4v) is 6.79. The van der Waals surface area contributed by atoms with Crippen molar-refractivity contribution < 1.29 is 19.6 Å². The second-order valence-electron chi connectivity index (χ2n) is 5.65. The van der Waals surface area contributed by atoms with Crippen LogP contribution in [0.3, 0.4) is 0 Å². The van der Waals surface area contributed by atoms with Gasteiger partial charge in [-0.25, -0.2) is 0 Å². The highest BCUT2D eigenvalue weighted by atomic mass is 33.1. The number of likely N-dealkylation sites (N-methyl/N-ethyl adjacent to an activating group) is 1. The van der Waals surface area contributed by atoms with Gasteiger partial charge < -0.3 is 10.0 Å². The molecule has 1 N–H and O–H groups in total. The van der Waals surface area contributed by atoms with E-state index in [0.717, 1.165) is 5.56 Å². The molecule has 2 atom stereocenters.